The third kappa shape index (κ3) is 4.31. The van der Waals surface area contributed by atoms with Crippen molar-refractivity contribution in [2.45, 2.75) is 38.6 Å². The first-order valence-corrected chi connectivity index (χ1v) is 12.7. The number of nitriles is 1. The summed E-state index contributed by atoms with van der Waals surface area (Å²) in [5.74, 6) is 1.31. The van der Waals surface area contributed by atoms with E-state index in [-0.39, 0.29) is 18.4 Å². The number of halogens is 1. The van der Waals surface area contributed by atoms with Crippen LogP contribution >= 0.6 is 0 Å². The van der Waals surface area contributed by atoms with Crippen molar-refractivity contribution in [2.75, 3.05) is 26.7 Å². The molecule has 0 aliphatic carbocycles. The van der Waals surface area contributed by atoms with E-state index in [1.165, 1.54) is 32.6 Å². The molecule has 3 saturated heterocycles. The van der Waals surface area contributed by atoms with Gasteiger partial charge in [0.25, 0.3) is 0 Å². The van der Waals surface area contributed by atoms with Crippen molar-refractivity contribution in [1.82, 2.24) is 29.4 Å². The Balaban J connectivity index is 1.42. The van der Waals surface area contributed by atoms with Gasteiger partial charge in [0, 0.05) is 30.1 Å². The lowest BCUT2D eigenvalue weighted by Gasteiger charge is -2.35. The van der Waals surface area contributed by atoms with Gasteiger partial charge in [0.15, 0.2) is 5.65 Å². The summed E-state index contributed by atoms with van der Waals surface area (Å²) < 4.78 is 22.8. The average Bonchev–Trinajstić information content (AvgIpc) is 3.04. The second-order valence-electron chi connectivity index (χ2n) is 10.0. The van der Waals surface area contributed by atoms with Crippen LogP contribution in [0.15, 0.2) is 36.7 Å². The van der Waals surface area contributed by atoms with Crippen LogP contribution in [0.5, 0.6) is 6.01 Å². The Kier molecular flexibility index (Phi) is 6.05. The molecular formula is C28H28FN7O. The van der Waals surface area contributed by atoms with Crippen LogP contribution in [-0.4, -0.2) is 56.1 Å². The molecule has 3 unspecified atom stereocenters. The number of pyridine rings is 1. The highest BCUT2D eigenvalue weighted by Gasteiger charge is 2.33. The van der Waals surface area contributed by atoms with Crippen LogP contribution in [0.2, 0.25) is 0 Å². The minimum Gasteiger partial charge on any atom is -0.467 e. The normalized spacial score (nSPS) is 21.1. The molecule has 3 aromatic heterocycles. The fourth-order valence-electron chi connectivity index (χ4n) is 5.86. The minimum atomic E-state index is -0.234. The van der Waals surface area contributed by atoms with Gasteiger partial charge < -0.3 is 14.2 Å². The number of methoxy groups -OCH3 is 1. The van der Waals surface area contributed by atoms with Crippen LogP contribution in [0.3, 0.4) is 0 Å². The molecule has 1 aromatic carbocycles. The van der Waals surface area contributed by atoms with E-state index in [0.717, 1.165) is 25.2 Å². The van der Waals surface area contributed by atoms with Gasteiger partial charge in [-0.1, -0.05) is 12.1 Å². The number of fused-ring (bicyclic) bond motifs is 5. The van der Waals surface area contributed by atoms with Gasteiger partial charge in [-0.15, -0.1) is 0 Å². The minimum absolute atomic E-state index is 0.217. The molecule has 9 heteroatoms. The Labute approximate surface area is 214 Å². The molecule has 37 heavy (non-hydrogen) atoms. The predicted octanol–water partition coefficient (Wildman–Crippen LogP) is 4.46. The largest absolute Gasteiger partial charge is 0.467 e. The number of benzene rings is 1. The van der Waals surface area contributed by atoms with E-state index in [2.05, 4.69) is 32.0 Å². The number of aromatic nitrogens is 5. The molecule has 3 aliphatic heterocycles. The van der Waals surface area contributed by atoms with Gasteiger partial charge in [0.05, 0.1) is 24.9 Å². The van der Waals surface area contributed by atoms with Gasteiger partial charge in [0.1, 0.15) is 23.2 Å². The van der Waals surface area contributed by atoms with E-state index in [4.69, 9.17) is 9.72 Å². The highest BCUT2D eigenvalue weighted by molar-refractivity contribution is 5.79. The van der Waals surface area contributed by atoms with Crippen molar-refractivity contribution in [3.8, 4) is 23.5 Å². The Morgan fingerprint density at radius 2 is 2.03 bits per heavy atom. The van der Waals surface area contributed by atoms with Crippen molar-refractivity contribution in [3.63, 3.8) is 0 Å². The second kappa shape index (κ2) is 9.52. The van der Waals surface area contributed by atoms with Gasteiger partial charge in [-0.05, 0) is 68.8 Å². The Bertz CT molecular complexity index is 1520. The molecule has 7 rings (SSSR count). The molecule has 0 spiro atoms. The summed E-state index contributed by atoms with van der Waals surface area (Å²) in [7, 11) is 1.51. The monoisotopic (exact) mass is 497 g/mol. The zero-order chi connectivity index (χ0) is 25.5. The number of aryl methyl sites for hydroxylation is 1. The maximum atomic E-state index is 15.7. The zero-order valence-electron chi connectivity index (χ0n) is 21.0. The number of piperidine rings is 1. The van der Waals surface area contributed by atoms with Crippen molar-refractivity contribution >= 4 is 11.2 Å². The van der Waals surface area contributed by atoms with Crippen LogP contribution in [0, 0.1) is 30.0 Å². The second-order valence-corrected chi connectivity index (χ2v) is 10.0. The Morgan fingerprint density at radius 3 is 2.84 bits per heavy atom. The summed E-state index contributed by atoms with van der Waals surface area (Å²) in [6, 6.07) is 9.76. The molecule has 0 radical (unpaired) electrons. The van der Waals surface area contributed by atoms with Crippen LogP contribution in [0.25, 0.3) is 22.6 Å². The highest BCUT2D eigenvalue weighted by atomic mass is 19.1. The van der Waals surface area contributed by atoms with Gasteiger partial charge >= 0.3 is 6.01 Å². The number of nitrogens with zero attached hydrogens (tertiary/aromatic N) is 7. The van der Waals surface area contributed by atoms with Gasteiger partial charge in [-0.3, -0.25) is 4.98 Å². The van der Waals surface area contributed by atoms with Crippen LogP contribution in [-0.2, 0) is 6.54 Å². The first kappa shape index (κ1) is 23.5. The van der Waals surface area contributed by atoms with E-state index in [1.54, 1.807) is 18.3 Å². The maximum Gasteiger partial charge on any atom is 0.318 e. The van der Waals surface area contributed by atoms with Crippen molar-refractivity contribution in [3.05, 3.63) is 64.9 Å². The van der Waals surface area contributed by atoms with Crippen LogP contribution in [0.1, 0.15) is 47.6 Å². The molecule has 8 nitrogen and oxygen atoms in total. The summed E-state index contributed by atoms with van der Waals surface area (Å²) in [5, 5.41) is 9.38. The topological polar surface area (TPSA) is 92.8 Å². The van der Waals surface area contributed by atoms with Crippen LogP contribution < -0.4 is 4.74 Å². The van der Waals surface area contributed by atoms with Crippen molar-refractivity contribution < 1.29 is 9.13 Å². The summed E-state index contributed by atoms with van der Waals surface area (Å²) in [4.78, 5) is 20.4. The van der Waals surface area contributed by atoms with E-state index >= 15 is 4.39 Å². The standard InChI is InChI=1S/C28H28FN7O/c1-17-25-27(34-28(32-17)37-2)36(26(33-25)22-10-18(12-30)13-31-14-22)15-21-6-5-20(11-24(21)29)23-16-35-8-3-4-19(23)7-9-35/h5-6,10-11,13-14,19,23H,3-4,7-9,15-16H2,1-2H3. The van der Waals surface area contributed by atoms with Gasteiger partial charge in [-0.2, -0.15) is 15.2 Å². The first-order chi connectivity index (χ1) is 18.0. The lowest BCUT2D eigenvalue weighted by molar-refractivity contribution is 0.196. The Hall–Kier alpha value is -3.90. The van der Waals surface area contributed by atoms with Crippen molar-refractivity contribution in [1.29, 1.82) is 5.26 Å². The average molecular weight is 498 g/mol. The molecule has 0 N–H and O–H groups in total. The first-order valence-electron chi connectivity index (χ1n) is 12.7. The summed E-state index contributed by atoms with van der Waals surface area (Å²) in [5.41, 5.74) is 4.48. The fraction of sp³-hybridized carbons (Fsp3) is 0.393. The third-order valence-electron chi connectivity index (χ3n) is 7.78. The fourth-order valence-corrected chi connectivity index (χ4v) is 5.86. The molecule has 188 valence electrons. The van der Waals surface area contributed by atoms with E-state index in [9.17, 15) is 5.26 Å². The lowest BCUT2D eigenvalue weighted by Crippen LogP contribution is -2.36. The summed E-state index contributed by atoms with van der Waals surface area (Å²) in [6.07, 6.45) is 6.78. The van der Waals surface area contributed by atoms with Crippen molar-refractivity contribution in [2.24, 2.45) is 5.92 Å². The summed E-state index contributed by atoms with van der Waals surface area (Å²) in [6.45, 7) is 5.37. The zero-order valence-corrected chi connectivity index (χ0v) is 21.0. The summed E-state index contributed by atoms with van der Waals surface area (Å²) >= 11 is 0. The quantitative estimate of drug-likeness (QED) is 0.402. The molecule has 4 aromatic rings. The predicted molar refractivity (Wildman–Crippen MR) is 137 cm³/mol. The van der Waals surface area contributed by atoms with Crippen LogP contribution in [0.4, 0.5) is 4.39 Å². The molecule has 2 bridgehead atoms. The highest BCUT2D eigenvalue weighted by Crippen LogP contribution is 2.38. The molecular weight excluding hydrogens is 469 g/mol. The lowest BCUT2D eigenvalue weighted by atomic mass is 9.80. The number of ether oxygens (including phenoxy) is 1. The Morgan fingerprint density at radius 1 is 1.14 bits per heavy atom. The molecule has 0 saturated carbocycles. The van der Waals surface area contributed by atoms with Gasteiger partial charge in [0.2, 0.25) is 0 Å². The smallest absolute Gasteiger partial charge is 0.318 e. The number of hydrogen-bond acceptors (Lipinski definition) is 7. The van der Waals surface area contributed by atoms with E-state index in [1.807, 2.05) is 17.6 Å². The molecule has 3 atom stereocenters. The maximum absolute atomic E-state index is 15.7. The molecule has 0 amide bonds. The van der Waals surface area contributed by atoms with E-state index < -0.39 is 0 Å². The van der Waals surface area contributed by atoms with Gasteiger partial charge in [-0.25, -0.2) is 9.37 Å². The SMILES string of the molecule is COc1nc(C)c2nc(-c3cncc(C#N)c3)n(Cc3ccc(C4CN5CCCC4CC5)cc3F)c2n1. The molecule has 3 aliphatic rings. The number of rotatable bonds is 5. The number of imidazole rings is 1. The molecule has 3 fully saturated rings. The third-order valence-corrected chi connectivity index (χ3v) is 7.78. The van der Waals surface area contributed by atoms with E-state index in [0.29, 0.717) is 51.2 Å². The molecule has 6 heterocycles. The number of hydrogen-bond donors (Lipinski definition) is 0.